The van der Waals surface area contributed by atoms with Crippen molar-refractivity contribution in [1.82, 2.24) is 25.1 Å². The molecule has 7 nitrogen and oxygen atoms in total. The normalized spacial score (nSPS) is 16.3. The van der Waals surface area contributed by atoms with Crippen molar-refractivity contribution < 1.29 is 4.42 Å². The highest BCUT2D eigenvalue weighted by Crippen LogP contribution is 2.21. The molecule has 0 spiro atoms. The van der Waals surface area contributed by atoms with Crippen LogP contribution < -0.4 is 4.90 Å². The number of hydrogen-bond acceptors (Lipinski definition) is 7. The fourth-order valence-corrected chi connectivity index (χ4v) is 2.77. The summed E-state index contributed by atoms with van der Waals surface area (Å²) in [6.07, 6.45) is 0. The molecule has 118 valence electrons. The first-order valence-corrected chi connectivity index (χ1v) is 7.61. The van der Waals surface area contributed by atoms with Crippen molar-refractivity contribution in [3.63, 3.8) is 0 Å². The van der Waals surface area contributed by atoms with Gasteiger partial charge in [-0.25, -0.2) is 9.97 Å². The van der Waals surface area contributed by atoms with E-state index in [1.807, 2.05) is 20.8 Å². The minimum Gasteiger partial charge on any atom is -0.424 e. The van der Waals surface area contributed by atoms with E-state index in [-0.39, 0.29) is 0 Å². The Morgan fingerprint density at radius 1 is 0.955 bits per heavy atom. The summed E-state index contributed by atoms with van der Waals surface area (Å²) in [6, 6.07) is 0. The molecule has 0 unspecified atom stereocenters. The smallest absolute Gasteiger partial charge is 0.230 e. The Morgan fingerprint density at radius 3 is 2.32 bits per heavy atom. The first-order chi connectivity index (χ1) is 10.5. The predicted octanol–water partition coefficient (Wildman–Crippen LogP) is 1.42. The maximum Gasteiger partial charge on any atom is 0.230 e. The van der Waals surface area contributed by atoms with Crippen molar-refractivity contribution in [2.45, 2.75) is 34.2 Å². The van der Waals surface area contributed by atoms with Crippen LogP contribution >= 0.6 is 0 Å². The van der Waals surface area contributed by atoms with Crippen LogP contribution in [0.2, 0.25) is 0 Å². The van der Waals surface area contributed by atoms with Gasteiger partial charge in [-0.2, -0.15) is 0 Å². The molecule has 0 radical (unpaired) electrons. The van der Waals surface area contributed by atoms with E-state index >= 15 is 0 Å². The Morgan fingerprint density at radius 2 is 1.68 bits per heavy atom. The highest BCUT2D eigenvalue weighted by Gasteiger charge is 2.21. The number of anilines is 1. The Hall–Kier alpha value is -2.02. The molecule has 0 aliphatic carbocycles. The van der Waals surface area contributed by atoms with Crippen molar-refractivity contribution in [2.24, 2.45) is 0 Å². The van der Waals surface area contributed by atoms with Gasteiger partial charge < -0.3 is 9.32 Å². The van der Waals surface area contributed by atoms with Gasteiger partial charge in [-0.15, -0.1) is 10.2 Å². The van der Waals surface area contributed by atoms with Crippen LogP contribution in [0.1, 0.15) is 28.9 Å². The quantitative estimate of drug-likeness (QED) is 0.849. The molecule has 0 atom stereocenters. The summed E-state index contributed by atoms with van der Waals surface area (Å²) >= 11 is 0. The van der Waals surface area contributed by atoms with Crippen molar-refractivity contribution >= 4 is 5.82 Å². The van der Waals surface area contributed by atoms with Gasteiger partial charge in [0, 0.05) is 44.4 Å². The SMILES string of the molecule is Cc1nc(C)c(C)c(N2CCN(Cc3nnc(C)o3)CC2)n1. The Balaban J connectivity index is 1.64. The van der Waals surface area contributed by atoms with Crippen LogP contribution in [0.3, 0.4) is 0 Å². The second kappa shape index (κ2) is 6.00. The van der Waals surface area contributed by atoms with Crippen LogP contribution in [0.5, 0.6) is 0 Å². The van der Waals surface area contributed by atoms with E-state index in [9.17, 15) is 0 Å². The summed E-state index contributed by atoms with van der Waals surface area (Å²) in [6.45, 7) is 12.4. The zero-order chi connectivity index (χ0) is 15.7. The molecular weight excluding hydrogens is 280 g/mol. The zero-order valence-corrected chi connectivity index (χ0v) is 13.6. The third-order valence-corrected chi connectivity index (χ3v) is 4.07. The Bertz CT molecular complexity index is 660. The molecule has 1 saturated heterocycles. The average molecular weight is 302 g/mol. The van der Waals surface area contributed by atoms with Gasteiger partial charge in [0.25, 0.3) is 0 Å². The van der Waals surface area contributed by atoms with Crippen LogP contribution in [0.4, 0.5) is 5.82 Å². The molecule has 2 aromatic heterocycles. The largest absolute Gasteiger partial charge is 0.424 e. The van der Waals surface area contributed by atoms with Gasteiger partial charge in [0.05, 0.1) is 6.54 Å². The van der Waals surface area contributed by atoms with Crippen LogP contribution in [0, 0.1) is 27.7 Å². The van der Waals surface area contributed by atoms with Crippen molar-refractivity contribution in [2.75, 3.05) is 31.1 Å². The fraction of sp³-hybridized carbons (Fsp3) is 0.600. The standard InChI is InChI=1S/C15H22N6O/c1-10-11(2)16-12(3)17-15(10)21-7-5-20(6-8-21)9-14-19-18-13(4)22-14/h5-9H2,1-4H3. The molecule has 7 heteroatoms. The van der Waals surface area contributed by atoms with Crippen molar-refractivity contribution in [1.29, 1.82) is 0 Å². The molecule has 1 aliphatic heterocycles. The lowest BCUT2D eigenvalue weighted by molar-refractivity contribution is 0.224. The summed E-state index contributed by atoms with van der Waals surface area (Å²) in [7, 11) is 0. The van der Waals surface area contributed by atoms with E-state index in [1.54, 1.807) is 0 Å². The molecule has 3 heterocycles. The maximum atomic E-state index is 5.45. The maximum absolute atomic E-state index is 5.45. The minimum atomic E-state index is 0.621. The predicted molar refractivity (Wildman–Crippen MR) is 82.8 cm³/mol. The second-order valence-electron chi connectivity index (χ2n) is 5.78. The van der Waals surface area contributed by atoms with E-state index in [0.29, 0.717) is 11.8 Å². The molecule has 22 heavy (non-hydrogen) atoms. The lowest BCUT2D eigenvalue weighted by Gasteiger charge is -2.35. The number of piperazine rings is 1. The van der Waals surface area contributed by atoms with Gasteiger partial charge in [-0.1, -0.05) is 0 Å². The summed E-state index contributed by atoms with van der Waals surface area (Å²) in [5, 5.41) is 7.94. The van der Waals surface area contributed by atoms with Gasteiger partial charge in [0.1, 0.15) is 11.6 Å². The molecule has 0 N–H and O–H groups in total. The van der Waals surface area contributed by atoms with Crippen LogP contribution in [-0.4, -0.2) is 51.2 Å². The molecule has 0 saturated carbocycles. The monoisotopic (exact) mass is 302 g/mol. The second-order valence-corrected chi connectivity index (χ2v) is 5.78. The van der Waals surface area contributed by atoms with Crippen LogP contribution in [0.25, 0.3) is 0 Å². The Kier molecular flexibility index (Phi) is 4.06. The minimum absolute atomic E-state index is 0.621. The third-order valence-electron chi connectivity index (χ3n) is 4.07. The number of rotatable bonds is 3. The molecule has 3 rings (SSSR count). The summed E-state index contributed by atoms with van der Waals surface area (Å²) in [5.41, 5.74) is 2.23. The zero-order valence-electron chi connectivity index (χ0n) is 13.6. The molecule has 0 amide bonds. The molecule has 0 aromatic carbocycles. The molecule has 0 bridgehead atoms. The molecule has 2 aromatic rings. The average Bonchev–Trinajstić information content (AvgIpc) is 2.89. The van der Waals surface area contributed by atoms with Gasteiger partial charge in [-0.05, 0) is 20.8 Å². The summed E-state index contributed by atoms with van der Waals surface area (Å²) in [4.78, 5) is 13.7. The highest BCUT2D eigenvalue weighted by atomic mass is 16.4. The topological polar surface area (TPSA) is 71.2 Å². The Labute approximate surface area is 130 Å². The lowest BCUT2D eigenvalue weighted by atomic mass is 10.2. The summed E-state index contributed by atoms with van der Waals surface area (Å²) < 4.78 is 5.45. The van der Waals surface area contributed by atoms with E-state index in [0.717, 1.165) is 50.1 Å². The summed E-state index contributed by atoms with van der Waals surface area (Å²) in [5.74, 6) is 3.22. The van der Waals surface area contributed by atoms with E-state index in [4.69, 9.17) is 4.42 Å². The van der Waals surface area contributed by atoms with Crippen LogP contribution in [-0.2, 0) is 6.54 Å². The number of hydrogen-bond donors (Lipinski definition) is 0. The lowest BCUT2D eigenvalue weighted by Crippen LogP contribution is -2.46. The molecule has 1 fully saturated rings. The van der Waals surface area contributed by atoms with Crippen molar-refractivity contribution in [3.05, 3.63) is 28.9 Å². The van der Waals surface area contributed by atoms with Gasteiger partial charge in [0.2, 0.25) is 11.8 Å². The van der Waals surface area contributed by atoms with E-state index in [1.165, 1.54) is 5.56 Å². The highest BCUT2D eigenvalue weighted by molar-refractivity contribution is 5.48. The van der Waals surface area contributed by atoms with Gasteiger partial charge >= 0.3 is 0 Å². The molecular formula is C15H22N6O. The molecule has 1 aliphatic rings. The first-order valence-electron chi connectivity index (χ1n) is 7.61. The van der Waals surface area contributed by atoms with E-state index < -0.39 is 0 Å². The van der Waals surface area contributed by atoms with Gasteiger partial charge in [0.15, 0.2) is 0 Å². The number of aromatic nitrogens is 4. The van der Waals surface area contributed by atoms with E-state index in [2.05, 4.69) is 36.9 Å². The first kappa shape index (κ1) is 14.9. The fourth-order valence-electron chi connectivity index (χ4n) is 2.77. The van der Waals surface area contributed by atoms with Gasteiger partial charge in [-0.3, -0.25) is 4.90 Å². The van der Waals surface area contributed by atoms with Crippen LogP contribution in [0.15, 0.2) is 4.42 Å². The van der Waals surface area contributed by atoms with Crippen molar-refractivity contribution in [3.8, 4) is 0 Å². The third kappa shape index (κ3) is 3.09. The number of aryl methyl sites for hydroxylation is 3. The number of nitrogens with zero attached hydrogens (tertiary/aromatic N) is 6.